The summed E-state index contributed by atoms with van der Waals surface area (Å²) in [5.41, 5.74) is 2.18. The molecule has 17 heavy (non-hydrogen) atoms. The topological polar surface area (TPSA) is 34.9 Å². The highest BCUT2D eigenvalue weighted by molar-refractivity contribution is 5.92. The van der Waals surface area contributed by atoms with E-state index in [0.29, 0.717) is 12.1 Å². The third kappa shape index (κ3) is 2.58. The molecule has 88 valence electrons. The third-order valence-electron chi connectivity index (χ3n) is 2.57. The molecule has 1 heterocycles. The van der Waals surface area contributed by atoms with E-state index in [9.17, 15) is 9.18 Å². The normalized spacial score (nSPS) is 10.5. The van der Waals surface area contributed by atoms with Crippen molar-refractivity contribution in [2.45, 2.75) is 13.3 Å². The number of nitrogens with zero attached hydrogens (tertiary/aromatic N) is 2. The van der Waals surface area contributed by atoms with Crippen LogP contribution < -0.4 is 0 Å². The number of aryl methyl sites for hydroxylation is 1. The molecule has 0 unspecified atom stereocenters. The number of carbonyl (C=O) groups is 1. The van der Waals surface area contributed by atoms with Crippen LogP contribution in [0.4, 0.5) is 4.39 Å². The second kappa shape index (κ2) is 4.49. The molecule has 4 heteroatoms. The molecule has 0 saturated carbocycles. The molecule has 0 atom stereocenters. The second-order valence-electron chi connectivity index (χ2n) is 4.01. The van der Waals surface area contributed by atoms with Crippen LogP contribution in [0.3, 0.4) is 0 Å². The first-order valence-corrected chi connectivity index (χ1v) is 5.34. The van der Waals surface area contributed by atoms with Gasteiger partial charge in [0.15, 0.2) is 5.78 Å². The van der Waals surface area contributed by atoms with Gasteiger partial charge >= 0.3 is 0 Å². The number of hydrogen-bond donors (Lipinski definition) is 0. The summed E-state index contributed by atoms with van der Waals surface area (Å²) >= 11 is 0. The Kier molecular flexibility index (Phi) is 3.04. The molecule has 0 N–H and O–H groups in total. The largest absolute Gasteiger partial charge is 0.293 e. The van der Waals surface area contributed by atoms with E-state index in [4.69, 9.17) is 0 Å². The number of Topliss-reactive ketones (excluding diaryl/α,β-unsaturated/α-hetero) is 1. The average Bonchev–Trinajstić information content (AvgIpc) is 2.59. The minimum absolute atomic E-state index is 0.0227. The van der Waals surface area contributed by atoms with E-state index in [2.05, 4.69) is 5.10 Å². The number of carbonyl (C=O) groups excluding carboxylic acids is 1. The molecule has 2 rings (SSSR count). The Labute approximate surface area is 98.9 Å². The summed E-state index contributed by atoms with van der Waals surface area (Å²) in [6.45, 7) is 1.50. The summed E-state index contributed by atoms with van der Waals surface area (Å²) < 4.78 is 14.6. The van der Waals surface area contributed by atoms with Crippen LogP contribution in [0.2, 0.25) is 0 Å². The maximum atomic E-state index is 13.0. The SMILES string of the molecule is CC(=O)c1cc(Cc2cccc(F)c2)nn1C. The number of hydrogen-bond acceptors (Lipinski definition) is 2. The van der Waals surface area contributed by atoms with E-state index in [1.165, 1.54) is 19.1 Å². The Morgan fingerprint density at radius 2 is 2.18 bits per heavy atom. The summed E-state index contributed by atoms with van der Waals surface area (Å²) in [4.78, 5) is 11.3. The molecule has 0 aliphatic carbocycles. The van der Waals surface area contributed by atoms with E-state index < -0.39 is 0 Å². The van der Waals surface area contributed by atoms with Crippen LogP contribution in [0, 0.1) is 5.82 Å². The molecule has 3 nitrogen and oxygen atoms in total. The zero-order valence-electron chi connectivity index (χ0n) is 9.77. The van der Waals surface area contributed by atoms with E-state index in [0.717, 1.165) is 11.3 Å². The summed E-state index contributed by atoms with van der Waals surface area (Å²) in [6, 6.07) is 8.13. The highest BCUT2D eigenvalue weighted by Gasteiger charge is 2.09. The van der Waals surface area contributed by atoms with Gasteiger partial charge < -0.3 is 0 Å². The van der Waals surface area contributed by atoms with Gasteiger partial charge in [-0.25, -0.2) is 4.39 Å². The van der Waals surface area contributed by atoms with Gasteiger partial charge in [-0.3, -0.25) is 9.48 Å². The molecular weight excluding hydrogens is 219 g/mol. The highest BCUT2D eigenvalue weighted by atomic mass is 19.1. The fraction of sp³-hybridized carbons (Fsp3) is 0.231. The number of halogens is 1. The molecule has 0 saturated heterocycles. The van der Waals surface area contributed by atoms with Crippen molar-refractivity contribution in [1.29, 1.82) is 0 Å². The van der Waals surface area contributed by atoms with Gasteiger partial charge in [0.05, 0.1) is 5.69 Å². The lowest BCUT2D eigenvalue weighted by molar-refractivity contribution is 0.100. The summed E-state index contributed by atoms with van der Waals surface area (Å²) in [5, 5.41) is 4.23. The molecular formula is C13H13FN2O. The number of aromatic nitrogens is 2. The van der Waals surface area contributed by atoms with Crippen LogP contribution in [0.15, 0.2) is 30.3 Å². The molecule has 1 aromatic heterocycles. The van der Waals surface area contributed by atoms with Crippen LogP contribution in [0.5, 0.6) is 0 Å². The van der Waals surface area contributed by atoms with Crippen molar-refractivity contribution in [3.63, 3.8) is 0 Å². The Morgan fingerprint density at radius 3 is 2.76 bits per heavy atom. The van der Waals surface area contributed by atoms with Gasteiger partial charge in [-0.15, -0.1) is 0 Å². The number of rotatable bonds is 3. The van der Waals surface area contributed by atoms with E-state index in [1.807, 2.05) is 6.07 Å². The van der Waals surface area contributed by atoms with Crippen molar-refractivity contribution >= 4 is 5.78 Å². The Morgan fingerprint density at radius 1 is 1.41 bits per heavy atom. The zero-order valence-corrected chi connectivity index (χ0v) is 9.77. The van der Waals surface area contributed by atoms with Gasteiger partial charge in [-0.2, -0.15) is 5.10 Å². The van der Waals surface area contributed by atoms with Gasteiger partial charge in [0, 0.05) is 20.4 Å². The van der Waals surface area contributed by atoms with Crippen molar-refractivity contribution < 1.29 is 9.18 Å². The first-order valence-electron chi connectivity index (χ1n) is 5.34. The van der Waals surface area contributed by atoms with Crippen molar-refractivity contribution in [3.8, 4) is 0 Å². The van der Waals surface area contributed by atoms with Gasteiger partial charge in [0.1, 0.15) is 11.5 Å². The monoisotopic (exact) mass is 232 g/mol. The van der Waals surface area contributed by atoms with E-state index in [-0.39, 0.29) is 11.6 Å². The van der Waals surface area contributed by atoms with Crippen LogP contribution in [0.1, 0.15) is 28.7 Å². The smallest absolute Gasteiger partial charge is 0.177 e. The third-order valence-corrected chi connectivity index (χ3v) is 2.57. The number of benzene rings is 1. The average molecular weight is 232 g/mol. The fourth-order valence-corrected chi connectivity index (χ4v) is 1.80. The van der Waals surface area contributed by atoms with Gasteiger partial charge in [0.2, 0.25) is 0 Å². The standard InChI is InChI=1S/C13H13FN2O/c1-9(17)13-8-12(15-16(13)2)7-10-4-3-5-11(14)6-10/h3-6,8H,7H2,1-2H3. The molecule has 0 amide bonds. The minimum Gasteiger partial charge on any atom is -0.293 e. The molecule has 0 aliphatic heterocycles. The van der Waals surface area contributed by atoms with Gasteiger partial charge in [-0.05, 0) is 23.8 Å². The van der Waals surface area contributed by atoms with Crippen LogP contribution in [-0.2, 0) is 13.5 Å². The molecule has 2 aromatic rings. The molecule has 0 aliphatic rings. The Bertz CT molecular complexity index is 560. The maximum Gasteiger partial charge on any atom is 0.177 e. The van der Waals surface area contributed by atoms with Crippen molar-refractivity contribution in [3.05, 3.63) is 53.1 Å². The number of ketones is 1. The summed E-state index contributed by atoms with van der Waals surface area (Å²) in [7, 11) is 1.73. The van der Waals surface area contributed by atoms with E-state index >= 15 is 0 Å². The van der Waals surface area contributed by atoms with Gasteiger partial charge in [0.25, 0.3) is 0 Å². The molecule has 1 aromatic carbocycles. The Balaban J connectivity index is 2.25. The van der Waals surface area contributed by atoms with Crippen LogP contribution in [-0.4, -0.2) is 15.6 Å². The highest BCUT2D eigenvalue weighted by Crippen LogP contribution is 2.11. The minimum atomic E-state index is -0.259. The second-order valence-corrected chi connectivity index (χ2v) is 4.01. The van der Waals surface area contributed by atoms with Gasteiger partial charge in [-0.1, -0.05) is 12.1 Å². The summed E-state index contributed by atoms with van der Waals surface area (Å²) in [6.07, 6.45) is 0.527. The van der Waals surface area contributed by atoms with Crippen molar-refractivity contribution in [2.75, 3.05) is 0 Å². The lowest BCUT2D eigenvalue weighted by Crippen LogP contribution is -2.02. The lowest BCUT2D eigenvalue weighted by atomic mass is 10.1. The summed E-state index contributed by atoms with van der Waals surface area (Å²) in [5.74, 6) is -0.282. The quantitative estimate of drug-likeness (QED) is 0.761. The van der Waals surface area contributed by atoms with Crippen molar-refractivity contribution in [2.24, 2.45) is 7.05 Å². The van der Waals surface area contributed by atoms with Crippen molar-refractivity contribution in [1.82, 2.24) is 9.78 Å². The maximum absolute atomic E-state index is 13.0. The molecule has 0 radical (unpaired) electrons. The molecule has 0 fully saturated rings. The van der Waals surface area contributed by atoms with E-state index in [1.54, 1.807) is 23.9 Å². The fourth-order valence-electron chi connectivity index (χ4n) is 1.80. The molecule has 0 spiro atoms. The lowest BCUT2D eigenvalue weighted by Gasteiger charge is -1.97. The molecule has 0 bridgehead atoms. The first kappa shape index (κ1) is 11.5. The predicted molar refractivity (Wildman–Crippen MR) is 62.4 cm³/mol. The predicted octanol–water partition coefficient (Wildman–Crippen LogP) is 2.35. The zero-order chi connectivity index (χ0) is 12.4. The van der Waals surface area contributed by atoms with Crippen LogP contribution in [0.25, 0.3) is 0 Å². The first-order chi connectivity index (χ1) is 8.06. The van der Waals surface area contributed by atoms with Crippen LogP contribution >= 0.6 is 0 Å². The Hall–Kier alpha value is -1.97.